The Morgan fingerprint density at radius 1 is 1.17 bits per heavy atom. The Kier molecular flexibility index (Phi) is 3.98. The van der Waals surface area contributed by atoms with Gasteiger partial charge in [0, 0.05) is 11.9 Å². The molecule has 2 aromatic heterocycles. The van der Waals surface area contributed by atoms with Crippen LogP contribution in [0.25, 0.3) is 10.9 Å². The molecule has 24 heavy (non-hydrogen) atoms. The molecule has 0 aliphatic heterocycles. The molecule has 0 unspecified atom stereocenters. The van der Waals surface area contributed by atoms with E-state index in [0.29, 0.717) is 5.69 Å². The van der Waals surface area contributed by atoms with Gasteiger partial charge in [-0.15, -0.1) is 0 Å². The zero-order valence-electron chi connectivity index (χ0n) is 12.8. The second-order valence-electron chi connectivity index (χ2n) is 5.25. The molecule has 0 bridgehead atoms. The second kappa shape index (κ2) is 5.97. The lowest BCUT2D eigenvalue weighted by Crippen LogP contribution is -2.38. The summed E-state index contributed by atoms with van der Waals surface area (Å²) in [4.78, 5) is 26.4. The van der Waals surface area contributed by atoms with Gasteiger partial charge in [-0.2, -0.15) is 0 Å². The fourth-order valence-electron chi connectivity index (χ4n) is 2.35. The maximum atomic E-state index is 12.2. The van der Waals surface area contributed by atoms with E-state index >= 15 is 0 Å². The van der Waals surface area contributed by atoms with Crippen molar-refractivity contribution >= 4 is 26.6 Å². The smallest absolute Gasteiger partial charge is 0.303 e. The fraction of sp³-hybridized carbons (Fsp3) is 0.125. The van der Waals surface area contributed by atoms with Gasteiger partial charge in [0.1, 0.15) is 5.35 Å². The Morgan fingerprint density at radius 2 is 1.88 bits per heavy atom. The molecule has 7 nitrogen and oxygen atoms in total. The van der Waals surface area contributed by atoms with Gasteiger partial charge in [-0.05, 0) is 36.2 Å². The van der Waals surface area contributed by atoms with E-state index in [0.717, 1.165) is 21.8 Å². The number of rotatable bonds is 4. The summed E-state index contributed by atoms with van der Waals surface area (Å²) in [7, 11) is -3.95. The summed E-state index contributed by atoms with van der Waals surface area (Å²) in [5.41, 5.74) is 0.427. The molecule has 0 aliphatic carbocycles. The normalized spacial score (nSPS) is 12.6. The van der Waals surface area contributed by atoms with Crippen molar-refractivity contribution < 1.29 is 8.42 Å². The molecular weight excluding hydrogens is 330 g/mol. The van der Waals surface area contributed by atoms with Gasteiger partial charge in [-0.3, -0.25) is 13.9 Å². The number of nitrogens with zero attached hydrogens (tertiary/aromatic N) is 1. The number of aryl methyl sites for hydroxylation is 1. The Hall–Kier alpha value is -2.87. The van der Waals surface area contributed by atoms with E-state index in [2.05, 4.69) is 9.71 Å². The lowest BCUT2D eigenvalue weighted by atomic mass is 10.2. The monoisotopic (exact) mass is 345 g/mol. The molecule has 2 heterocycles. The molecule has 0 amide bonds. The lowest BCUT2D eigenvalue weighted by Gasteiger charge is -2.05. The Bertz CT molecular complexity index is 1160. The van der Waals surface area contributed by atoms with E-state index in [4.69, 9.17) is 0 Å². The lowest BCUT2D eigenvalue weighted by molar-refractivity contribution is 0.611. The number of nitrogens with one attached hydrogen (secondary N) is 2. The molecule has 1 aromatic carbocycles. The number of hydrogen-bond donors (Lipinski definition) is 2. The van der Waals surface area contributed by atoms with Crippen molar-refractivity contribution in [2.24, 2.45) is 0 Å². The molecule has 0 fully saturated rings. The van der Waals surface area contributed by atoms with E-state index in [1.54, 1.807) is 12.1 Å². The first-order chi connectivity index (χ1) is 11.4. The predicted molar refractivity (Wildman–Crippen MR) is 92.3 cm³/mol. The zero-order chi connectivity index (χ0) is 17.3. The number of benzene rings is 1. The standard InChI is InChI=1S/C16H15N3O4S/c1-2-11-5-7-12(8-6-11)18-24(22,23)10-13-15(20)14-4-3-9-19(14)16(21)17-13/h3-10,18H,2H2,1H3,(H,17,21). The highest BCUT2D eigenvalue weighted by Crippen LogP contribution is 2.12. The van der Waals surface area contributed by atoms with Crippen molar-refractivity contribution in [2.45, 2.75) is 13.3 Å². The number of aromatic amines is 1. The van der Waals surface area contributed by atoms with Gasteiger partial charge in [-0.1, -0.05) is 19.1 Å². The van der Waals surface area contributed by atoms with Crippen LogP contribution in [0.3, 0.4) is 0 Å². The average molecular weight is 345 g/mol. The van der Waals surface area contributed by atoms with Gasteiger partial charge in [0.2, 0.25) is 5.43 Å². The fourth-order valence-corrected chi connectivity index (χ4v) is 3.35. The highest BCUT2D eigenvalue weighted by molar-refractivity contribution is 8.00. The molecule has 2 N–H and O–H groups in total. The summed E-state index contributed by atoms with van der Waals surface area (Å²) in [6.45, 7) is 2.00. The summed E-state index contributed by atoms with van der Waals surface area (Å²) in [6, 6.07) is 9.90. The SMILES string of the molecule is CCc1ccc(NS(=O)(=O)C=c2[nH]c(=O)n3cccc3c2=O)cc1. The number of aromatic nitrogens is 2. The van der Waals surface area contributed by atoms with Crippen LogP contribution in [0, 0.1) is 0 Å². The third-order valence-corrected chi connectivity index (χ3v) is 4.65. The van der Waals surface area contributed by atoms with Gasteiger partial charge in [0.05, 0.1) is 10.9 Å². The summed E-state index contributed by atoms with van der Waals surface area (Å²) in [5.74, 6) is 0. The van der Waals surface area contributed by atoms with Crippen LogP contribution >= 0.6 is 0 Å². The molecule has 0 atom stereocenters. The van der Waals surface area contributed by atoms with Crippen LogP contribution < -0.4 is 21.2 Å². The quantitative estimate of drug-likeness (QED) is 0.717. The number of fused-ring (bicyclic) bond motifs is 1. The Balaban J connectivity index is 2.04. The number of H-pyrrole nitrogens is 1. The third-order valence-electron chi connectivity index (χ3n) is 3.58. The molecule has 0 aliphatic rings. The summed E-state index contributed by atoms with van der Waals surface area (Å²) >= 11 is 0. The maximum Gasteiger partial charge on any atom is 0.330 e. The Morgan fingerprint density at radius 3 is 2.54 bits per heavy atom. The zero-order valence-corrected chi connectivity index (χ0v) is 13.6. The molecule has 0 saturated heterocycles. The molecular formula is C16H15N3O4S. The van der Waals surface area contributed by atoms with Gasteiger partial charge in [0.15, 0.2) is 0 Å². The van der Waals surface area contributed by atoms with Gasteiger partial charge < -0.3 is 4.98 Å². The van der Waals surface area contributed by atoms with Gasteiger partial charge in [-0.25, -0.2) is 13.2 Å². The largest absolute Gasteiger partial charge is 0.330 e. The molecule has 0 radical (unpaired) electrons. The highest BCUT2D eigenvalue weighted by atomic mass is 32.2. The van der Waals surface area contributed by atoms with Crippen LogP contribution in [-0.2, 0) is 16.4 Å². The van der Waals surface area contributed by atoms with E-state index in [9.17, 15) is 18.0 Å². The molecule has 3 aromatic rings. The van der Waals surface area contributed by atoms with E-state index < -0.39 is 21.1 Å². The van der Waals surface area contributed by atoms with Crippen molar-refractivity contribution in [3.63, 3.8) is 0 Å². The first-order valence-electron chi connectivity index (χ1n) is 7.26. The predicted octanol–water partition coefficient (Wildman–Crippen LogP) is 0.449. The van der Waals surface area contributed by atoms with Crippen LogP contribution in [0.1, 0.15) is 12.5 Å². The van der Waals surface area contributed by atoms with Gasteiger partial charge in [0.25, 0.3) is 10.0 Å². The summed E-state index contributed by atoms with van der Waals surface area (Å²) < 4.78 is 27.9. The maximum absolute atomic E-state index is 12.2. The van der Waals surface area contributed by atoms with Gasteiger partial charge >= 0.3 is 5.69 Å². The molecule has 124 valence electrons. The molecule has 3 rings (SSSR count). The molecule has 0 spiro atoms. The van der Waals surface area contributed by atoms with E-state index in [-0.39, 0.29) is 10.9 Å². The first kappa shape index (κ1) is 16.0. The first-order valence-corrected chi connectivity index (χ1v) is 8.81. The summed E-state index contributed by atoms with van der Waals surface area (Å²) in [6.07, 6.45) is 2.28. The number of anilines is 1. The van der Waals surface area contributed by atoms with Crippen LogP contribution in [0.2, 0.25) is 0 Å². The highest BCUT2D eigenvalue weighted by Gasteiger charge is 2.10. The third kappa shape index (κ3) is 3.09. The minimum atomic E-state index is -3.95. The second-order valence-corrected chi connectivity index (χ2v) is 6.78. The minimum absolute atomic E-state index is 0.118. The Labute approximate surface area is 137 Å². The van der Waals surface area contributed by atoms with E-state index in [1.807, 2.05) is 19.1 Å². The van der Waals surface area contributed by atoms with Crippen molar-refractivity contribution in [3.8, 4) is 0 Å². The van der Waals surface area contributed by atoms with Crippen molar-refractivity contribution in [2.75, 3.05) is 4.72 Å². The van der Waals surface area contributed by atoms with Crippen LogP contribution in [-0.4, -0.2) is 17.8 Å². The van der Waals surface area contributed by atoms with Crippen LogP contribution in [0.4, 0.5) is 5.69 Å². The molecule has 0 saturated carbocycles. The van der Waals surface area contributed by atoms with E-state index in [1.165, 1.54) is 18.3 Å². The van der Waals surface area contributed by atoms with Crippen molar-refractivity contribution in [1.29, 1.82) is 0 Å². The number of sulfonamides is 1. The van der Waals surface area contributed by atoms with Crippen LogP contribution in [0.5, 0.6) is 0 Å². The average Bonchev–Trinajstić information content (AvgIpc) is 3.03. The molecule has 8 heteroatoms. The topological polar surface area (TPSA) is 101 Å². The summed E-state index contributed by atoms with van der Waals surface area (Å²) in [5, 5.41) is 0.446. The van der Waals surface area contributed by atoms with Crippen molar-refractivity contribution in [3.05, 3.63) is 74.2 Å². The van der Waals surface area contributed by atoms with Crippen LogP contribution in [0.15, 0.2) is 52.2 Å². The minimum Gasteiger partial charge on any atom is -0.303 e. The van der Waals surface area contributed by atoms with Crippen molar-refractivity contribution in [1.82, 2.24) is 9.38 Å². The number of hydrogen-bond acceptors (Lipinski definition) is 4.